The third kappa shape index (κ3) is 3.10. The quantitative estimate of drug-likeness (QED) is 0.848. The first-order valence-electron chi connectivity index (χ1n) is 5.80. The third-order valence-electron chi connectivity index (χ3n) is 2.69. The van der Waals surface area contributed by atoms with Crippen LogP contribution in [0.5, 0.6) is 0 Å². The minimum absolute atomic E-state index is 0.0246. The number of carbonyl (C=O) groups is 1. The van der Waals surface area contributed by atoms with Gasteiger partial charge in [-0.05, 0) is 28.8 Å². The lowest BCUT2D eigenvalue weighted by atomic mass is 10.4. The van der Waals surface area contributed by atoms with Crippen LogP contribution >= 0.6 is 15.9 Å². The monoisotopic (exact) mass is 313 g/mol. The smallest absolute Gasteiger partial charge is 0.239 e. The maximum Gasteiger partial charge on any atom is 0.239 e. The third-order valence-corrected chi connectivity index (χ3v) is 3.42. The molecule has 98 valence electrons. The minimum atomic E-state index is 0.0246. The molecule has 1 saturated carbocycles. The topological polar surface area (TPSA) is 70.2 Å². The van der Waals surface area contributed by atoms with Gasteiger partial charge in [0, 0.05) is 20.1 Å². The molecular formula is C11H16BrN5O. The zero-order chi connectivity index (χ0) is 13.1. The second-order valence-electron chi connectivity index (χ2n) is 4.31. The van der Waals surface area contributed by atoms with Crippen molar-refractivity contribution in [2.24, 2.45) is 0 Å². The van der Waals surface area contributed by atoms with Crippen LogP contribution in [-0.4, -0.2) is 42.6 Å². The fraction of sp³-hybridized carbons (Fsp3) is 0.545. The van der Waals surface area contributed by atoms with Crippen LogP contribution in [-0.2, 0) is 4.79 Å². The van der Waals surface area contributed by atoms with Crippen molar-refractivity contribution in [1.82, 2.24) is 15.3 Å². The molecule has 2 rings (SSSR count). The van der Waals surface area contributed by atoms with Crippen molar-refractivity contribution in [3.8, 4) is 0 Å². The van der Waals surface area contributed by atoms with E-state index in [2.05, 4.69) is 36.5 Å². The van der Waals surface area contributed by atoms with Gasteiger partial charge in [-0.15, -0.1) is 0 Å². The molecule has 6 nitrogen and oxygen atoms in total. The standard InChI is InChI=1S/C11H16BrN5O/c1-13-10-9(12)11(15-6-14-10)17(2)5-8(18)16-7-3-4-7/h6-7H,3-5H2,1-2H3,(H,16,18)(H,13,14,15). The van der Waals surface area contributed by atoms with E-state index in [1.807, 2.05) is 7.05 Å². The van der Waals surface area contributed by atoms with Crippen molar-refractivity contribution in [1.29, 1.82) is 0 Å². The number of nitrogens with one attached hydrogen (secondary N) is 2. The number of anilines is 2. The average Bonchev–Trinajstić information content (AvgIpc) is 3.12. The highest BCUT2D eigenvalue weighted by Gasteiger charge is 2.24. The molecule has 1 aliphatic rings. The lowest BCUT2D eigenvalue weighted by Crippen LogP contribution is -2.36. The van der Waals surface area contributed by atoms with E-state index in [0.717, 1.165) is 17.3 Å². The zero-order valence-electron chi connectivity index (χ0n) is 10.4. The fourth-order valence-corrected chi connectivity index (χ4v) is 2.30. The van der Waals surface area contributed by atoms with Crippen molar-refractivity contribution >= 4 is 33.5 Å². The Labute approximate surface area is 114 Å². The van der Waals surface area contributed by atoms with E-state index in [1.54, 1.807) is 11.9 Å². The number of hydrogen-bond acceptors (Lipinski definition) is 5. The van der Waals surface area contributed by atoms with Gasteiger partial charge in [0.05, 0.1) is 6.54 Å². The van der Waals surface area contributed by atoms with Gasteiger partial charge < -0.3 is 15.5 Å². The predicted molar refractivity (Wildman–Crippen MR) is 73.7 cm³/mol. The van der Waals surface area contributed by atoms with Gasteiger partial charge in [-0.25, -0.2) is 9.97 Å². The lowest BCUT2D eigenvalue weighted by Gasteiger charge is -2.19. The second kappa shape index (κ2) is 5.51. The summed E-state index contributed by atoms with van der Waals surface area (Å²) in [7, 11) is 3.62. The number of nitrogens with zero attached hydrogens (tertiary/aromatic N) is 3. The van der Waals surface area contributed by atoms with Gasteiger partial charge >= 0.3 is 0 Å². The number of rotatable bonds is 5. The lowest BCUT2D eigenvalue weighted by molar-refractivity contribution is -0.119. The SMILES string of the molecule is CNc1ncnc(N(C)CC(=O)NC2CC2)c1Br. The first-order chi connectivity index (χ1) is 8.61. The Hall–Kier alpha value is -1.37. The van der Waals surface area contributed by atoms with Gasteiger partial charge in [-0.1, -0.05) is 0 Å². The maximum atomic E-state index is 11.7. The van der Waals surface area contributed by atoms with Crippen LogP contribution in [0.3, 0.4) is 0 Å². The van der Waals surface area contributed by atoms with Gasteiger partial charge in [-0.3, -0.25) is 4.79 Å². The van der Waals surface area contributed by atoms with Gasteiger partial charge in [-0.2, -0.15) is 0 Å². The van der Waals surface area contributed by atoms with Crippen LogP contribution in [0, 0.1) is 0 Å². The molecule has 1 aromatic rings. The maximum absolute atomic E-state index is 11.7. The number of amides is 1. The van der Waals surface area contributed by atoms with E-state index in [-0.39, 0.29) is 12.5 Å². The van der Waals surface area contributed by atoms with Crippen molar-refractivity contribution in [2.75, 3.05) is 30.9 Å². The van der Waals surface area contributed by atoms with Crippen LogP contribution in [0.1, 0.15) is 12.8 Å². The summed E-state index contributed by atoms with van der Waals surface area (Å²) >= 11 is 3.43. The fourth-order valence-electron chi connectivity index (χ4n) is 1.59. The van der Waals surface area contributed by atoms with Gasteiger partial charge in [0.25, 0.3) is 0 Å². The molecular weight excluding hydrogens is 298 g/mol. The summed E-state index contributed by atoms with van der Waals surface area (Å²) in [5.74, 6) is 1.42. The van der Waals surface area contributed by atoms with Crippen LogP contribution in [0.25, 0.3) is 0 Å². The largest absolute Gasteiger partial charge is 0.372 e. The summed E-state index contributed by atoms with van der Waals surface area (Å²) in [4.78, 5) is 21.8. The van der Waals surface area contributed by atoms with Crippen LogP contribution in [0.2, 0.25) is 0 Å². The van der Waals surface area contributed by atoms with E-state index < -0.39 is 0 Å². The van der Waals surface area contributed by atoms with Crippen molar-refractivity contribution < 1.29 is 4.79 Å². The van der Waals surface area contributed by atoms with Gasteiger partial charge in [0.1, 0.15) is 22.4 Å². The number of aromatic nitrogens is 2. The molecule has 0 spiro atoms. The Balaban J connectivity index is 2.03. The summed E-state index contributed by atoms with van der Waals surface area (Å²) in [6, 6.07) is 0.382. The molecule has 0 atom stereocenters. The number of likely N-dealkylation sites (N-methyl/N-ethyl adjacent to an activating group) is 1. The van der Waals surface area contributed by atoms with Gasteiger partial charge in [0.15, 0.2) is 0 Å². The highest BCUT2D eigenvalue weighted by Crippen LogP contribution is 2.28. The van der Waals surface area contributed by atoms with Crippen molar-refractivity contribution in [2.45, 2.75) is 18.9 Å². The molecule has 0 saturated heterocycles. The predicted octanol–water partition coefficient (Wildman–Crippen LogP) is 0.996. The second-order valence-corrected chi connectivity index (χ2v) is 5.10. The Morgan fingerprint density at radius 3 is 2.89 bits per heavy atom. The molecule has 1 fully saturated rings. The van der Waals surface area contributed by atoms with E-state index in [4.69, 9.17) is 0 Å². The molecule has 1 aromatic heterocycles. The van der Waals surface area contributed by atoms with Crippen molar-refractivity contribution in [3.63, 3.8) is 0 Å². The summed E-state index contributed by atoms with van der Waals surface area (Å²) in [6.07, 6.45) is 3.66. The molecule has 0 radical (unpaired) electrons. The normalized spacial score (nSPS) is 14.2. The number of hydrogen-bond donors (Lipinski definition) is 2. The van der Waals surface area contributed by atoms with Crippen molar-refractivity contribution in [3.05, 3.63) is 10.8 Å². The number of halogens is 1. The van der Waals surface area contributed by atoms with Gasteiger partial charge in [0.2, 0.25) is 5.91 Å². The highest BCUT2D eigenvalue weighted by molar-refractivity contribution is 9.10. The Morgan fingerprint density at radius 1 is 1.56 bits per heavy atom. The zero-order valence-corrected chi connectivity index (χ0v) is 12.0. The average molecular weight is 314 g/mol. The molecule has 1 heterocycles. The molecule has 1 aliphatic carbocycles. The van der Waals surface area contributed by atoms with E-state index in [1.165, 1.54) is 6.33 Å². The van der Waals surface area contributed by atoms with Crippen LogP contribution in [0.15, 0.2) is 10.8 Å². The molecule has 18 heavy (non-hydrogen) atoms. The molecule has 7 heteroatoms. The van der Waals surface area contributed by atoms with Crippen LogP contribution < -0.4 is 15.5 Å². The first kappa shape index (κ1) is 13.1. The Kier molecular flexibility index (Phi) is 4.00. The summed E-state index contributed by atoms with van der Waals surface area (Å²) in [5.41, 5.74) is 0. The summed E-state index contributed by atoms with van der Waals surface area (Å²) in [6.45, 7) is 0.287. The molecule has 0 unspecified atom stereocenters. The first-order valence-corrected chi connectivity index (χ1v) is 6.60. The summed E-state index contributed by atoms with van der Waals surface area (Å²) < 4.78 is 0.759. The van der Waals surface area contributed by atoms with E-state index >= 15 is 0 Å². The Morgan fingerprint density at radius 2 is 2.28 bits per heavy atom. The molecule has 2 N–H and O–H groups in total. The van der Waals surface area contributed by atoms with Crippen LogP contribution in [0.4, 0.5) is 11.6 Å². The highest BCUT2D eigenvalue weighted by atomic mass is 79.9. The molecule has 1 amide bonds. The Bertz CT molecular complexity index is 449. The summed E-state index contributed by atoms with van der Waals surface area (Å²) in [5, 5.41) is 5.91. The molecule has 0 aliphatic heterocycles. The number of carbonyl (C=O) groups excluding carboxylic acids is 1. The van der Waals surface area contributed by atoms with E-state index in [0.29, 0.717) is 17.7 Å². The minimum Gasteiger partial charge on any atom is -0.372 e. The molecule has 0 aromatic carbocycles. The molecule has 0 bridgehead atoms. The van der Waals surface area contributed by atoms with E-state index in [9.17, 15) is 4.79 Å².